The van der Waals surface area contributed by atoms with Crippen molar-refractivity contribution < 1.29 is 61.8 Å². The van der Waals surface area contributed by atoms with Crippen LogP contribution >= 0.6 is 0 Å². The summed E-state index contributed by atoms with van der Waals surface area (Å²) in [6.07, 6.45) is -1.98. The minimum absolute atomic E-state index is 0. The van der Waals surface area contributed by atoms with Crippen molar-refractivity contribution in [3.63, 3.8) is 0 Å². The van der Waals surface area contributed by atoms with E-state index < -0.39 is 24.3 Å². The molecule has 13 heavy (non-hydrogen) atoms. The first-order valence-electron chi connectivity index (χ1n) is 3.43. The van der Waals surface area contributed by atoms with E-state index in [1.54, 1.807) is 0 Å². The first-order chi connectivity index (χ1) is 5.20. The first kappa shape index (κ1) is 16.7. The first-order valence-corrected chi connectivity index (χ1v) is 3.43. The minimum atomic E-state index is -0.833. The summed E-state index contributed by atoms with van der Waals surface area (Å²) in [4.78, 5) is 0. The molecule has 0 saturated carbocycles. The average molecular weight is 526 g/mol. The van der Waals surface area contributed by atoms with Gasteiger partial charge in [-0.3, -0.25) is 0 Å². The fraction of sp³-hybridized carbons (Fsp3) is 1.00. The number of aliphatic hydroxyl groups is 2. The Labute approximate surface area is 107 Å². The maximum Gasteiger partial charge on any atom is 0.112 e. The molecular weight excluding hydrogens is 515 g/mol. The zero-order valence-corrected chi connectivity index (χ0v) is 13.0. The van der Waals surface area contributed by atoms with E-state index in [-0.39, 0.29) is 48.7 Å². The molecule has 1 aliphatic rings. The summed E-state index contributed by atoms with van der Waals surface area (Å²) in [6, 6.07) is -0.646. The van der Waals surface area contributed by atoms with Crippen molar-refractivity contribution in [3.8, 4) is 0 Å². The Bertz CT molecular complexity index is 140. The molecule has 1 saturated heterocycles. The number of rotatable bonds is 2. The third kappa shape index (κ3) is 3.73. The second-order valence-corrected chi connectivity index (χ2v) is 2.51. The standard InChI is InChI=1S/C6H11BO4.2W/c1-10-5-4(9)3(2-8)11-6(5)7;;/h3-6,8-9H,2H2,1H3;;/t3-,4?,5+,6-;;/m1../s1. The van der Waals surface area contributed by atoms with Crippen LogP contribution in [0.1, 0.15) is 0 Å². The van der Waals surface area contributed by atoms with Gasteiger partial charge in [-0.1, -0.05) is 0 Å². The van der Waals surface area contributed by atoms with Crippen LogP contribution in [0.5, 0.6) is 0 Å². The van der Waals surface area contributed by atoms with Crippen molar-refractivity contribution in [1.29, 1.82) is 0 Å². The maximum absolute atomic E-state index is 9.33. The zero-order chi connectivity index (χ0) is 8.43. The van der Waals surface area contributed by atoms with Crippen molar-refractivity contribution >= 4 is 7.85 Å². The van der Waals surface area contributed by atoms with Gasteiger partial charge < -0.3 is 19.7 Å². The number of ether oxygens (including phenoxy) is 2. The Morgan fingerprint density at radius 2 is 2.00 bits per heavy atom. The van der Waals surface area contributed by atoms with Crippen molar-refractivity contribution in [2.75, 3.05) is 13.7 Å². The van der Waals surface area contributed by atoms with Gasteiger partial charge in [-0.05, 0) is 0 Å². The summed E-state index contributed by atoms with van der Waals surface area (Å²) in [5, 5.41) is 18.0. The van der Waals surface area contributed by atoms with Crippen LogP contribution in [0.2, 0.25) is 0 Å². The molecular formula is C6H11BO4W2. The van der Waals surface area contributed by atoms with E-state index in [0.29, 0.717) is 0 Å². The molecule has 0 aromatic carbocycles. The second kappa shape index (κ2) is 7.56. The van der Waals surface area contributed by atoms with Gasteiger partial charge >= 0.3 is 0 Å². The van der Waals surface area contributed by atoms with Gasteiger partial charge in [-0.15, -0.1) is 0 Å². The van der Waals surface area contributed by atoms with Crippen molar-refractivity contribution in [1.82, 2.24) is 0 Å². The van der Waals surface area contributed by atoms with Crippen molar-refractivity contribution in [3.05, 3.63) is 0 Å². The van der Waals surface area contributed by atoms with Gasteiger partial charge in [0, 0.05) is 55.2 Å². The van der Waals surface area contributed by atoms with Gasteiger partial charge in [0.2, 0.25) is 0 Å². The molecule has 4 atom stereocenters. The van der Waals surface area contributed by atoms with E-state index in [0.717, 1.165) is 0 Å². The topological polar surface area (TPSA) is 58.9 Å². The molecule has 0 spiro atoms. The van der Waals surface area contributed by atoms with Crippen LogP contribution in [0.4, 0.5) is 0 Å². The second-order valence-electron chi connectivity index (χ2n) is 2.51. The van der Waals surface area contributed by atoms with Crippen LogP contribution in [0, 0.1) is 0 Å². The van der Waals surface area contributed by atoms with E-state index in [9.17, 15) is 5.11 Å². The van der Waals surface area contributed by atoms with Crippen molar-refractivity contribution in [2.45, 2.75) is 24.3 Å². The van der Waals surface area contributed by atoms with Crippen LogP contribution in [0.25, 0.3) is 0 Å². The molecule has 0 bridgehead atoms. The van der Waals surface area contributed by atoms with Crippen LogP contribution in [0.15, 0.2) is 0 Å². The van der Waals surface area contributed by atoms with E-state index >= 15 is 0 Å². The fourth-order valence-electron chi connectivity index (χ4n) is 1.19. The minimum Gasteiger partial charge on any atom is -0.394 e. The Hall–Kier alpha value is 1.28. The molecule has 0 aromatic rings. The summed E-state index contributed by atoms with van der Waals surface area (Å²) in [7, 11) is 6.87. The molecule has 74 valence electrons. The number of hydrogen-bond donors (Lipinski definition) is 2. The molecule has 0 amide bonds. The van der Waals surface area contributed by atoms with Gasteiger partial charge in [0.1, 0.15) is 26.2 Å². The Morgan fingerprint density at radius 3 is 2.23 bits per heavy atom. The van der Waals surface area contributed by atoms with Crippen LogP contribution < -0.4 is 0 Å². The Balaban J connectivity index is 0. The number of methoxy groups -OCH3 is 1. The van der Waals surface area contributed by atoms with E-state index in [4.69, 9.17) is 22.4 Å². The summed E-state index contributed by atoms with van der Waals surface area (Å²) >= 11 is 0. The van der Waals surface area contributed by atoms with E-state index in [2.05, 4.69) is 0 Å². The van der Waals surface area contributed by atoms with E-state index in [1.165, 1.54) is 7.11 Å². The van der Waals surface area contributed by atoms with Gasteiger partial charge in [-0.2, -0.15) is 0 Å². The predicted octanol–water partition coefficient (Wildman–Crippen LogP) is -1.76. The number of hydrogen-bond acceptors (Lipinski definition) is 4. The Kier molecular flexibility index (Phi) is 9.71. The van der Waals surface area contributed by atoms with Gasteiger partial charge in [0.05, 0.1) is 6.61 Å². The zero-order valence-electron chi connectivity index (χ0n) is 7.12. The van der Waals surface area contributed by atoms with Crippen LogP contribution in [0.3, 0.4) is 0 Å². The maximum atomic E-state index is 9.33. The van der Waals surface area contributed by atoms with Crippen LogP contribution in [-0.2, 0) is 51.6 Å². The molecule has 0 aliphatic carbocycles. The normalized spacial score (nSPS) is 37.8. The molecule has 1 aliphatic heterocycles. The molecule has 2 N–H and O–H groups in total. The third-order valence-electron chi connectivity index (χ3n) is 1.83. The van der Waals surface area contributed by atoms with Crippen molar-refractivity contribution in [2.24, 2.45) is 0 Å². The quantitative estimate of drug-likeness (QED) is 0.420. The molecule has 1 unspecified atom stereocenters. The molecule has 1 rings (SSSR count). The van der Waals surface area contributed by atoms with E-state index in [1.807, 2.05) is 0 Å². The molecule has 1 fully saturated rings. The summed E-state index contributed by atoms with van der Waals surface area (Å²) in [5.41, 5.74) is 0. The number of aliphatic hydroxyl groups excluding tert-OH is 2. The van der Waals surface area contributed by atoms with Crippen LogP contribution in [-0.4, -0.2) is 56.1 Å². The fourth-order valence-corrected chi connectivity index (χ4v) is 1.19. The third-order valence-corrected chi connectivity index (χ3v) is 1.83. The molecule has 7 heteroatoms. The SMILES string of the molecule is [B][C@@H]1O[C@H](CO)C(O)[C@@H]1OC.[W].[W]. The molecule has 4 nitrogen and oxygen atoms in total. The molecule has 2 radical (unpaired) electrons. The van der Waals surface area contributed by atoms with Gasteiger partial charge in [0.25, 0.3) is 0 Å². The smallest absolute Gasteiger partial charge is 0.112 e. The Morgan fingerprint density at radius 1 is 1.46 bits per heavy atom. The molecule has 0 aromatic heterocycles. The largest absolute Gasteiger partial charge is 0.394 e. The molecule has 1 heterocycles. The average Bonchev–Trinajstić information content (AvgIpc) is 2.26. The van der Waals surface area contributed by atoms with Gasteiger partial charge in [0.15, 0.2) is 0 Å². The summed E-state index contributed by atoms with van der Waals surface area (Å²) in [6.45, 7) is -0.241. The summed E-state index contributed by atoms with van der Waals surface area (Å²) in [5.74, 6) is 0. The van der Waals surface area contributed by atoms with Gasteiger partial charge in [-0.25, -0.2) is 0 Å². The predicted molar refractivity (Wildman–Crippen MR) is 38.3 cm³/mol. The summed E-state index contributed by atoms with van der Waals surface area (Å²) < 4.78 is 9.84. The monoisotopic (exact) mass is 526 g/mol.